The van der Waals surface area contributed by atoms with Crippen LogP contribution < -0.4 is 15.1 Å². The fourth-order valence-corrected chi connectivity index (χ4v) is 3.41. The van der Waals surface area contributed by atoms with Crippen LogP contribution in [0.4, 0.5) is 0 Å². The van der Waals surface area contributed by atoms with Crippen LogP contribution in [0, 0.1) is 0 Å². The van der Waals surface area contributed by atoms with Gasteiger partial charge in [0.05, 0.1) is 29.2 Å². The maximum absolute atomic E-state index is 12.0. The largest absolute Gasteiger partial charge is 0.872 e. The van der Waals surface area contributed by atoms with Crippen LogP contribution in [0.5, 0.6) is 5.75 Å². The zero-order valence-corrected chi connectivity index (χ0v) is 16.6. The van der Waals surface area contributed by atoms with Crippen molar-refractivity contribution in [3.63, 3.8) is 0 Å². The summed E-state index contributed by atoms with van der Waals surface area (Å²) in [7, 11) is 0. The molecule has 0 aliphatic heterocycles. The Bertz CT molecular complexity index is 988. The standard InChI is InChI=1S/C19H18ClN5O2S/c1-2-25-18(13-7-9-15(20)10-8-13)23-24-19(25)28-12-17(27)22-21-11-14-5-3-4-6-16(14)26/h3-11H,2,12H2,1H3,(H2,21,22,26,27). The van der Waals surface area contributed by atoms with Gasteiger partial charge in [0.15, 0.2) is 0 Å². The molecule has 0 unspecified atom stereocenters. The van der Waals surface area contributed by atoms with E-state index in [1.807, 2.05) is 35.8 Å². The summed E-state index contributed by atoms with van der Waals surface area (Å²) in [5.74, 6) is 0.543. The predicted octanol–water partition coefficient (Wildman–Crippen LogP) is 2.35. The summed E-state index contributed by atoms with van der Waals surface area (Å²) in [6, 6.07) is 13.9. The van der Waals surface area contributed by atoms with Gasteiger partial charge < -0.3 is 5.11 Å². The first-order valence-corrected chi connectivity index (χ1v) is 9.89. The minimum atomic E-state index is -0.289. The van der Waals surface area contributed by atoms with Crippen LogP contribution in [-0.4, -0.2) is 28.1 Å². The number of hydrogen-bond donors (Lipinski definition) is 2. The molecule has 9 heteroatoms. The van der Waals surface area contributed by atoms with E-state index in [2.05, 4.69) is 20.7 Å². The molecule has 3 rings (SSSR count). The molecule has 2 aromatic carbocycles. The molecule has 3 aromatic rings. The lowest BCUT2D eigenvalue weighted by atomic mass is 10.2. The molecule has 0 aliphatic rings. The smallest absolute Gasteiger partial charge is 0.337 e. The van der Waals surface area contributed by atoms with Gasteiger partial charge in [-0.25, -0.2) is 9.99 Å². The minimum Gasteiger partial charge on any atom is -0.872 e. The highest BCUT2D eigenvalue weighted by Crippen LogP contribution is 2.19. The summed E-state index contributed by atoms with van der Waals surface area (Å²) in [4.78, 5) is 12.0. The van der Waals surface area contributed by atoms with Gasteiger partial charge in [-0.15, -0.1) is 5.10 Å². The molecule has 7 nitrogen and oxygen atoms in total. The zero-order valence-electron chi connectivity index (χ0n) is 15.1. The van der Waals surface area contributed by atoms with Crippen LogP contribution in [0.15, 0.2) is 58.8 Å². The maximum atomic E-state index is 12.0. The molecule has 1 amide bonds. The molecule has 1 heterocycles. The van der Waals surface area contributed by atoms with Crippen molar-refractivity contribution >= 4 is 35.5 Å². The third kappa shape index (κ3) is 4.90. The number of nitrogens with zero attached hydrogens (tertiary/aromatic N) is 3. The number of rotatable bonds is 7. The molecule has 0 bridgehead atoms. The van der Waals surface area contributed by atoms with Crippen LogP contribution in [-0.2, 0) is 11.3 Å². The highest BCUT2D eigenvalue weighted by Gasteiger charge is 2.21. The fraction of sp³-hybridized carbons (Fsp3) is 0.158. The van der Waals surface area contributed by atoms with Crippen molar-refractivity contribution in [3.05, 3.63) is 59.1 Å². The summed E-state index contributed by atoms with van der Waals surface area (Å²) < 4.78 is 1.98. The Morgan fingerprint density at radius 3 is 2.79 bits per heavy atom. The van der Waals surface area contributed by atoms with Crippen molar-refractivity contribution in [2.24, 2.45) is 5.10 Å². The van der Waals surface area contributed by atoms with Gasteiger partial charge in [0.25, 0.3) is 11.7 Å². The highest BCUT2D eigenvalue weighted by atomic mass is 35.5. The third-order valence-electron chi connectivity index (χ3n) is 3.84. The number of para-hydroxylation sites is 1. The number of carbonyl (C=O) groups is 1. The molecule has 144 valence electrons. The van der Waals surface area contributed by atoms with Gasteiger partial charge in [-0.3, -0.25) is 4.79 Å². The van der Waals surface area contributed by atoms with Gasteiger partial charge in [-0.2, -0.15) is 5.10 Å². The number of carbonyl (C=O) groups excluding carboxylic acids is 1. The lowest BCUT2D eigenvalue weighted by molar-refractivity contribution is -0.719. The van der Waals surface area contributed by atoms with Crippen LogP contribution in [0.3, 0.4) is 0 Å². The van der Waals surface area contributed by atoms with Crippen molar-refractivity contribution in [1.82, 2.24) is 15.6 Å². The molecule has 28 heavy (non-hydrogen) atoms. The number of H-pyrrole nitrogens is 1. The summed E-state index contributed by atoms with van der Waals surface area (Å²) in [5.41, 5.74) is 3.79. The number of hydrogen-bond acceptors (Lipinski definition) is 5. The van der Waals surface area contributed by atoms with Crippen LogP contribution in [0.1, 0.15) is 12.5 Å². The summed E-state index contributed by atoms with van der Waals surface area (Å²) >= 11 is 7.24. The average molecular weight is 416 g/mol. The van der Waals surface area contributed by atoms with Crippen molar-refractivity contribution in [3.8, 4) is 17.1 Å². The normalized spacial score (nSPS) is 11.1. The molecule has 0 aliphatic carbocycles. The molecule has 2 N–H and O–H groups in total. The van der Waals surface area contributed by atoms with Gasteiger partial charge in [0.2, 0.25) is 0 Å². The third-order valence-corrected chi connectivity index (χ3v) is 5.06. The van der Waals surface area contributed by atoms with E-state index in [0.29, 0.717) is 22.3 Å². The summed E-state index contributed by atoms with van der Waals surface area (Å²) in [5, 5.41) is 24.1. The van der Waals surface area contributed by atoms with Crippen LogP contribution >= 0.6 is 23.4 Å². The number of aromatic amines is 1. The molecule has 0 saturated heterocycles. The van der Waals surface area contributed by atoms with Gasteiger partial charge in [-0.05, 0) is 48.5 Å². The van der Waals surface area contributed by atoms with E-state index in [4.69, 9.17) is 11.6 Å². The molecule has 1 aromatic heterocycles. The maximum Gasteiger partial charge on any atom is 0.337 e. The number of aromatic nitrogens is 3. The van der Waals surface area contributed by atoms with E-state index in [0.717, 1.165) is 11.4 Å². The first-order chi connectivity index (χ1) is 13.6. The van der Waals surface area contributed by atoms with Gasteiger partial charge in [0, 0.05) is 5.02 Å². The minimum absolute atomic E-state index is 0.140. The Morgan fingerprint density at radius 2 is 2.07 bits per heavy atom. The summed E-state index contributed by atoms with van der Waals surface area (Å²) in [6.45, 7) is 2.70. The van der Waals surface area contributed by atoms with Gasteiger partial charge >= 0.3 is 5.16 Å². The van der Waals surface area contributed by atoms with Crippen LogP contribution in [0.2, 0.25) is 5.02 Å². The van der Waals surface area contributed by atoms with Crippen molar-refractivity contribution in [1.29, 1.82) is 0 Å². The van der Waals surface area contributed by atoms with Crippen molar-refractivity contribution < 1.29 is 14.5 Å². The number of hydrazone groups is 1. The number of nitrogens with one attached hydrogen (secondary N) is 2. The number of amides is 1. The topological polar surface area (TPSA) is 97.1 Å². The van der Waals surface area contributed by atoms with E-state index in [1.165, 1.54) is 24.0 Å². The van der Waals surface area contributed by atoms with E-state index in [9.17, 15) is 9.90 Å². The number of thioether (sulfide) groups is 1. The zero-order chi connectivity index (χ0) is 19.9. The predicted molar refractivity (Wildman–Crippen MR) is 107 cm³/mol. The SMILES string of the molecule is CC[n+]1c(SCC(=O)NN=Cc2ccccc2[O-])n[nH]c1-c1ccc(Cl)cc1. The van der Waals surface area contributed by atoms with Crippen LogP contribution in [0.25, 0.3) is 11.4 Å². The monoisotopic (exact) mass is 415 g/mol. The molecule has 0 atom stereocenters. The Balaban J connectivity index is 1.60. The van der Waals surface area contributed by atoms with Gasteiger partial charge in [-0.1, -0.05) is 41.6 Å². The van der Waals surface area contributed by atoms with E-state index < -0.39 is 0 Å². The number of halogens is 1. The molecular weight excluding hydrogens is 398 g/mol. The Kier molecular flexibility index (Phi) is 6.67. The van der Waals surface area contributed by atoms with Gasteiger partial charge in [0.1, 0.15) is 0 Å². The Labute approximate surface area is 171 Å². The van der Waals surface area contributed by atoms with Crippen molar-refractivity contribution in [2.75, 3.05) is 5.75 Å². The average Bonchev–Trinajstić information content (AvgIpc) is 3.11. The fourth-order valence-electron chi connectivity index (χ4n) is 2.47. The second kappa shape index (κ2) is 9.38. The second-order valence-electron chi connectivity index (χ2n) is 5.73. The molecule has 0 radical (unpaired) electrons. The first kappa shape index (κ1) is 19.9. The number of benzene rings is 2. The molecular formula is C19H18ClN5O2S. The Morgan fingerprint density at radius 1 is 1.32 bits per heavy atom. The molecule has 0 saturated carbocycles. The lowest BCUT2D eigenvalue weighted by Gasteiger charge is -2.07. The Hall–Kier alpha value is -2.84. The lowest BCUT2D eigenvalue weighted by Crippen LogP contribution is -2.36. The van der Waals surface area contributed by atoms with E-state index in [-0.39, 0.29) is 17.4 Å². The summed E-state index contributed by atoms with van der Waals surface area (Å²) in [6.07, 6.45) is 1.34. The van der Waals surface area contributed by atoms with E-state index >= 15 is 0 Å². The quantitative estimate of drug-likeness (QED) is 0.268. The second-order valence-corrected chi connectivity index (χ2v) is 7.10. The van der Waals surface area contributed by atoms with E-state index in [1.54, 1.807) is 18.2 Å². The first-order valence-electron chi connectivity index (χ1n) is 8.53. The molecule has 0 spiro atoms. The van der Waals surface area contributed by atoms with Crippen molar-refractivity contribution in [2.45, 2.75) is 18.6 Å². The highest BCUT2D eigenvalue weighted by molar-refractivity contribution is 7.99. The molecule has 0 fully saturated rings.